The molecule has 1 saturated heterocycles. The molecule has 0 spiro atoms. The summed E-state index contributed by atoms with van der Waals surface area (Å²) in [6.45, 7) is 1.94. The first-order valence-corrected chi connectivity index (χ1v) is 7.75. The zero-order chi connectivity index (χ0) is 12.8. The van der Waals surface area contributed by atoms with Crippen LogP contribution in [0.3, 0.4) is 0 Å². The Morgan fingerprint density at radius 1 is 1.17 bits per heavy atom. The highest BCUT2D eigenvalue weighted by atomic mass is 16.2. The second-order valence-corrected chi connectivity index (χ2v) is 5.98. The van der Waals surface area contributed by atoms with Crippen molar-refractivity contribution in [2.45, 2.75) is 63.8 Å². The molecule has 0 bridgehead atoms. The number of amides is 1. The normalized spacial score (nSPS) is 25.6. The van der Waals surface area contributed by atoms with Gasteiger partial charge >= 0.3 is 0 Å². The molecule has 1 saturated carbocycles. The molecule has 1 N–H and O–H groups in total. The quantitative estimate of drug-likeness (QED) is 0.815. The van der Waals surface area contributed by atoms with E-state index in [1.807, 2.05) is 7.05 Å². The fraction of sp³-hybridized carbons (Fsp3) is 0.933. The van der Waals surface area contributed by atoms with Gasteiger partial charge in [-0.2, -0.15) is 0 Å². The lowest BCUT2D eigenvalue weighted by atomic mass is 9.86. The Balaban J connectivity index is 1.73. The molecule has 2 fully saturated rings. The summed E-state index contributed by atoms with van der Waals surface area (Å²) in [5.74, 6) is 1.23. The van der Waals surface area contributed by atoms with Gasteiger partial charge in [-0.25, -0.2) is 0 Å². The summed E-state index contributed by atoms with van der Waals surface area (Å²) < 4.78 is 0. The Kier molecular flexibility index (Phi) is 5.48. The minimum absolute atomic E-state index is 0.401. The van der Waals surface area contributed by atoms with Crippen LogP contribution in [0.25, 0.3) is 0 Å². The lowest BCUT2D eigenvalue weighted by molar-refractivity contribution is -0.132. The van der Waals surface area contributed by atoms with Gasteiger partial charge in [-0.05, 0) is 32.2 Å². The van der Waals surface area contributed by atoms with Crippen molar-refractivity contribution in [1.82, 2.24) is 10.2 Å². The molecule has 0 aromatic carbocycles. The molecule has 1 unspecified atom stereocenters. The maximum absolute atomic E-state index is 12.3. The van der Waals surface area contributed by atoms with Crippen LogP contribution in [0.1, 0.15) is 57.8 Å². The molecule has 1 aliphatic heterocycles. The van der Waals surface area contributed by atoms with Gasteiger partial charge in [0.1, 0.15) is 0 Å². The van der Waals surface area contributed by atoms with E-state index in [0.717, 1.165) is 31.8 Å². The molecular formula is C15H28N2O. The molecule has 2 rings (SSSR count). The summed E-state index contributed by atoms with van der Waals surface area (Å²) in [6.07, 6.45) is 11.1. The SMILES string of the molecule is CNCC1CCCN1C(=O)CCC1CCCCC1. The predicted octanol–water partition coefficient (Wildman–Crippen LogP) is 2.56. The Bertz CT molecular complexity index is 261. The molecule has 0 aromatic heterocycles. The van der Waals surface area contributed by atoms with Crippen molar-refractivity contribution in [3.05, 3.63) is 0 Å². The van der Waals surface area contributed by atoms with Crippen molar-refractivity contribution in [3.63, 3.8) is 0 Å². The molecule has 3 heteroatoms. The molecule has 0 radical (unpaired) electrons. The lowest BCUT2D eigenvalue weighted by Gasteiger charge is -2.26. The van der Waals surface area contributed by atoms with E-state index in [-0.39, 0.29) is 0 Å². The molecule has 2 aliphatic rings. The zero-order valence-electron chi connectivity index (χ0n) is 11.8. The summed E-state index contributed by atoms with van der Waals surface area (Å²) in [5, 5.41) is 3.21. The average Bonchev–Trinajstić information content (AvgIpc) is 2.86. The van der Waals surface area contributed by atoms with E-state index in [1.165, 1.54) is 44.9 Å². The number of nitrogens with zero attached hydrogens (tertiary/aromatic N) is 1. The number of likely N-dealkylation sites (tertiary alicyclic amines) is 1. The van der Waals surface area contributed by atoms with Crippen LogP contribution in [0.2, 0.25) is 0 Å². The number of carbonyl (C=O) groups excluding carboxylic acids is 1. The summed E-state index contributed by atoms with van der Waals surface area (Å²) >= 11 is 0. The number of hydrogen-bond acceptors (Lipinski definition) is 2. The standard InChI is InChI=1S/C15H28N2O/c1-16-12-14-8-5-11-17(14)15(18)10-9-13-6-3-2-4-7-13/h13-14,16H,2-12H2,1H3. The predicted molar refractivity (Wildman–Crippen MR) is 74.5 cm³/mol. The maximum Gasteiger partial charge on any atom is 0.222 e. The van der Waals surface area contributed by atoms with Gasteiger partial charge in [0.25, 0.3) is 0 Å². The third-order valence-corrected chi connectivity index (χ3v) is 4.63. The second kappa shape index (κ2) is 7.13. The molecular weight excluding hydrogens is 224 g/mol. The van der Waals surface area contributed by atoms with Gasteiger partial charge in [-0.1, -0.05) is 32.1 Å². The first-order valence-electron chi connectivity index (χ1n) is 7.75. The van der Waals surface area contributed by atoms with E-state index in [2.05, 4.69) is 10.2 Å². The van der Waals surface area contributed by atoms with Crippen LogP contribution in [0, 0.1) is 5.92 Å². The maximum atomic E-state index is 12.3. The van der Waals surface area contributed by atoms with E-state index in [0.29, 0.717) is 11.9 Å². The highest BCUT2D eigenvalue weighted by molar-refractivity contribution is 5.76. The first kappa shape index (κ1) is 13.9. The van der Waals surface area contributed by atoms with Crippen LogP contribution in [0.15, 0.2) is 0 Å². The lowest BCUT2D eigenvalue weighted by Crippen LogP contribution is -2.40. The van der Waals surface area contributed by atoms with Crippen LogP contribution in [-0.2, 0) is 4.79 Å². The van der Waals surface area contributed by atoms with Crippen molar-refractivity contribution in [1.29, 1.82) is 0 Å². The van der Waals surface area contributed by atoms with Crippen LogP contribution < -0.4 is 5.32 Å². The minimum atomic E-state index is 0.401. The van der Waals surface area contributed by atoms with Gasteiger partial charge < -0.3 is 10.2 Å². The van der Waals surface area contributed by atoms with Crippen molar-refractivity contribution in [2.24, 2.45) is 5.92 Å². The topological polar surface area (TPSA) is 32.3 Å². The summed E-state index contributed by atoms with van der Waals surface area (Å²) in [6, 6.07) is 0.453. The molecule has 1 aliphatic carbocycles. The number of carbonyl (C=O) groups is 1. The molecule has 1 heterocycles. The largest absolute Gasteiger partial charge is 0.338 e. The van der Waals surface area contributed by atoms with Gasteiger partial charge in [0.05, 0.1) is 0 Å². The van der Waals surface area contributed by atoms with Crippen molar-refractivity contribution >= 4 is 5.91 Å². The summed E-state index contributed by atoms with van der Waals surface area (Å²) in [4.78, 5) is 14.4. The van der Waals surface area contributed by atoms with E-state index in [9.17, 15) is 4.79 Å². The van der Waals surface area contributed by atoms with Crippen LogP contribution in [-0.4, -0.2) is 37.0 Å². The average molecular weight is 252 g/mol. The van der Waals surface area contributed by atoms with E-state index in [4.69, 9.17) is 0 Å². The number of hydrogen-bond donors (Lipinski definition) is 1. The van der Waals surface area contributed by atoms with Crippen molar-refractivity contribution < 1.29 is 4.79 Å². The number of likely N-dealkylation sites (N-methyl/N-ethyl adjacent to an activating group) is 1. The number of rotatable bonds is 5. The fourth-order valence-electron chi connectivity index (χ4n) is 3.56. The number of nitrogens with one attached hydrogen (secondary N) is 1. The Labute approximate surface area is 111 Å². The molecule has 18 heavy (non-hydrogen) atoms. The summed E-state index contributed by atoms with van der Waals surface area (Å²) in [7, 11) is 1.98. The van der Waals surface area contributed by atoms with Crippen LogP contribution in [0.5, 0.6) is 0 Å². The third kappa shape index (κ3) is 3.71. The smallest absolute Gasteiger partial charge is 0.222 e. The third-order valence-electron chi connectivity index (χ3n) is 4.63. The molecule has 3 nitrogen and oxygen atoms in total. The molecule has 1 amide bonds. The fourth-order valence-corrected chi connectivity index (χ4v) is 3.56. The van der Waals surface area contributed by atoms with Crippen LogP contribution in [0.4, 0.5) is 0 Å². The minimum Gasteiger partial charge on any atom is -0.338 e. The van der Waals surface area contributed by atoms with Gasteiger partial charge in [0.2, 0.25) is 5.91 Å². The molecule has 0 aromatic rings. The van der Waals surface area contributed by atoms with Crippen LogP contribution >= 0.6 is 0 Å². The van der Waals surface area contributed by atoms with Gasteiger partial charge in [0.15, 0.2) is 0 Å². The van der Waals surface area contributed by atoms with Gasteiger partial charge in [0, 0.05) is 25.6 Å². The molecule has 1 atom stereocenters. The van der Waals surface area contributed by atoms with E-state index < -0.39 is 0 Å². The highest BCUT2D eigenvalue weighted by Crippen LogP contribution is 2.28. The van der Waals surface area contributed by atoms with Crippen molar-refractivity contribution in [3.8, 4) is 0 Å². The highest BCUT2D eigenvalue weighted by Gasteiger charge is 2.28. The Morgan fingerprint density at radius 3 is 2.67 bits per heavy atom. The van der Waals surface area contributed by atoms with Crippen molar-refractivity contribution in [2.75, 3.05) is 20.1 Å². The Hall–Kier alpha value is -0.570. The molecule has 104 valence electrons. The second-order valence-electron chi connectivity index (χ2n) is 5.98. The van der Waals surface area contributed by atoms with E-state index >= 15 is 0 Å². The van der Waals surface area contributed by atoms with Gasteiger partial charge in [-0.3, -0.25) is 4.79 Å². The monoisotopic (exact) mass is 252 g/mol. The van der Waals surface area contributed by atoms with Gasteiger partial charge in [-0.15, -0.1) is 0 Å². The Morgan fingerprint density at radius 2 is 1.94 bits per heavy atom. The first-order chi connectivity index (χ1) is 8.81. The van der Waals surface area contributed by atoms with E-state index in [1.54, 1.807) is 0 Å². The zero-order valence-corrected chi connectivity index (χ0v) is 11.8. The summed E-state index contributed by atoms with van der Waals surface area (Å²) in [5.41, 5.74) is 0.